The Kier molecular flexibility index (Phi) is 4.36. The first-order chi connectivity index (χ1) is 8.70. The average Bonchev–Trinajstić information content (AvgIpc) is 2.76. The minimum absolute atomic E-state index is 0.101. The Bertz CT molecular complexity index is 403. The number of rotatable bonds is 4. The summed E-state index contributed by atoms with van der Waals surface area (Å²) in [5.41, 5.74) is 0. The lowest BCUT2D eigenvalue weighted by atomic mass is 9.98. The van der Waals surface area contributed by atoms with Crippen LogP contribution in [-0.2, 0) is 16.1 Å². The van der Waals surface area contributed by atoms with Gasteiger partial charge in [0, 0.05) is 39.1 Å². The molecule has 1 aliphatic heterocycles. The third-order valence-corrected chi connectivity index (χ3v) is 3.52. The zero-order chi connectivity index (χ0) is 13.0. The number of hydrogen-bond acceptors (Lipinski definition) is 3. The standard InChI is InChI=1S/C13H21N3O2/c1-11-14-5-7-15(11)8-12-4-3-6-16(9-12)13(17)10-18-2/h5,7,12H,3-4,6,8-10H2,1-2H3/t12-/m0/s1. The molecular weight excluding hydrogens is 230 g/mol. The molecule has 0 radical (unpaired) electrons. The summed E-state index contributed by atoms with van der Waals surface area (Å²) in [6.07, 6.45) is 6.08. The largest absolute Gasteiger partial charge is 0.375 e. The van der Waals surface area contributed by atoms with E-state index in [1.54, 1.807) is 7.11 Å². The third kappa shape index (κ3) is 3.10. The summed E-state index contributed by atoms with van der Waals surface area (Å²) in [7, 11) is 1.56. The van der Waals surface area contributed by atoms with Crippen molar-refractivity contribution in [1.29, 1.82) is 0 Å². The number of likely N-dealkylation sites (tertiary alicyclic amines) is 1. The molecule has 1 aliphatic rings. The molecule has 0 unspecified atom stereocenters. The molecule has 1 fully saturated rings. The van der Waals surface area contributed by atoms with Gasteiger partial charge in [0.2, 0.25) is 5.91 Å². The van der Waals surface area contributed by atoms with Crippen LogP contribution in [0.25, 0.3) is 0 Å². The Hall–Kier alpha value is -1.36. The van der Waals surface area contributed by atoms with Gasteiger partial charge in [0.05, 0.1) is 0 Å². The van der Waals surface area contributed by atoms with Crippen LogP contribution in [0.2, 0.25) is 0 Å². The van der Waals surface area contributed by atoms with Crippen molar-refractivity contribution in [1.82, 2.24) is 14.5 Å². The lowest BCUT2D eigenvalue weighted by molar-refractivity contribution is -0.137. The Balaban J connectivity index is 1.91. The number of ether oxygens (including phenoxy) is 1. The Morgan fingerprint density at radius 1 is 1.61 bits per heavy atom. The highest BCUT2D eigenvalue weighted by Crippen LogP contribution is 2.19. The van der Waals surface area contributed by atoms with Crippen LogP contribution in [0.1, 0.15) is 18.7 Å². The molecule has 1 aromatic heterocycles. The first-order valence-electron chi connectivity index (χ1n) is 6.45. The fraction of sp³-hybridized carbons (Fsp3) is 0.692. The van der Waals surface area contributed by atoms with Gasteiger partial charge in [-0.1, -0.05) is 0 Å². The summed E-state index contributed by atoms with van der Waals surface area (Å²) in [5, 5.41) is 0. The van der Waals surface area contributed by atoms with Crippen LogP contribution >= 0.6 is 0 Å². The minimum atomic E-state index is 0.101. The van der Waals surface area contributed by atoms with Gasteiger partial charge in [-0.2, -0.15) is 0 Å². The number of amides is 1. The van der Waals surface area contributed by atoms with Crippen LogP contribution in [0.3, 0.4) is 0 Å². The second-order valence-corrected chi connectivity index (χ2v) is 4.91. The third-order valence-electron chi connectivity index (χ3n) is 3.52. The molecule has 0 aliphatic carbocycles. The number of imidazole rings is 1. The molecule has 5 nitrogen and oxygen atoms in total. The van der Waals surface area contributed by atoms with Gasteiger partial charge in [-0.25, -0.2) is 4.98 Å². The van der Waals surface area contributed by atoms with Crippen molar-refractivity contribution in [3.63, 3.8) is 0 Å². The smallest absolute Gasteiger partial charge is 0.248 e. The van der Waals surface area contributed by atoms with Crippen molar-refractivity contribution in [2.24, 2.45) is 5.92 Å². The van der Waals surface area contributed by atoms with E-state index in [1.165, 1.54) is 6.42 Å². The Labute approximate surface area is 108 Å². The number of aryl methyl sites for hydroxylation is 1. The number of methoxy groups -OCH3 is 1. The molecular formula is C13H21N3O2. The van der Waals surface area contributed by atoms with Crippen LogP contribution in [-0.4, -0.2) is 47.2 Å². The van der Waals surface area contributed by atoms with Crippen LogP contribution in [0.5, 0.6) is 0 Å². The molecule has 0 N–H and O–H groups in total. The molecule has 100 valence electrons. The lowest BCUT2D eigenvalue weighted by Gasteiger charge is -2.33. The maximum atomic E-state index is 11.8. The number of carbonyl (C=O) groups excluding carboxylic acids is 1. The number of hydrogen-bond donors (Lipinski definition) is 0. The Morgan fingerprint density at radius 3 is 3.11 bits per heavy atom. The predicted octanol–water partition coefficient (Wildman–Crippen LogP) is 1.08. The maximum Gasteiger partial charge on any atom is 0.248 e. The van der Waals surface area contributed by atoms with Crippen molar-refractivity contribution < 1.29 is 9.53 Å². The second kappa shape index (κ2) is 6.00. The summed E-state index contributed by atoms with van der Waals surface area (Å²) in [6, 6.07) is 0. The summed E-state index contributed by atoms with van der Waals surface area (Å²) < 4.78 is 7.07. The normalized spacial score (nSPS) is 20.1. The maximum absolute atomic E-state index is 11.8. The highest BCUT2D eigenvalue weighted by Gasteiger charge is 2.23. The SMILES string of the molecule is COCC(=O)N1CCC[C@@H](Cn2ccnc2C)C1. The molecule has 1 amide bonds. The van der Waals surface area contributed by atoms with E-state index < -0.39 is 0 Å². The first-order valence-corrected chi connectivity index (χ1v) is 6.45. The molecule has 0 saturated carbocycles. The summed E-state index contributed by atoms with van der Waals surface area (Å²) in [4.78, 5) is 17.9. The minimum Gasteiger partial charge on any atom is -0.375 e. The van der Waals surface area contributed by atoms with E-state index in [9.17, 15) is 4.79 Å². The van der Waals surface area contributed by atoms with Crippen LogP contribution in [0.15, 0.2) is 12.4 Å². The van der Waals surface area contributed by atoms with Gasteiger partial charge >= 0.3 is 0 Å². The fourth-order valence-electron chi connectivity index (χ4n) is 2.53. The first kappa shape index (κ1) is 13.1. The zero-order valence-electron chi connectivity index (χ0n) is 11.1. The number of piperidine rings is 1. The van der Waals surface area contributed by atoms with E-state index in [-0.39, 0.29) is 12.5 Å². The quantitative estimate of drug-likeness (QED) is 0.804. The van der Waals surface area contributed by atoms with Gasteiger partial charge in [-0.3, -0.25) is 4.79 Å². The van der Waals surface area contributed by atoms with Gasteiger partial charge in [0.1, 0.15) is 12.4 Å². The summed E-state index contributed by atoms with van der Waals surface area (Å²) in [6.45, 7) is 4.84. The molecule has 1 aromatic rings. The van der Waals surface area contributed by atoms with E-state index in [2.05, 4.69) is 9.55 Å². The highest BCUT2D eigenvalue weighted by atomic mass is 16.5. The van der Waals surface area contributed by atoms with Crippen molar-refractivity contribution in [2.45, 2.75) is 26.3 Å². The van der Waals surface area contributed by atoms with Gasteiger partial charge in [-0.05, 0) is 25.7 Å². The number of carbonyl (C=O) groups is 1. The Morgan fingerprint density at radius 2 is 2.44 bits per heavy atom. The van der Waals surface area contributed by atoms with E-state index in [0.717, 1.165) is 31.9 Å². The van der Waals surface area contributed by atoms with Crippen molar-refractivity contribution in [3.05, 3.63) is 18.2 Å². The fourth-order valence-corrected chi connectivity index (χ4v) is 2.53. The van der Waals surface area contributed by atoms with E-state index in [4.69, 9.17) is 4.74 Å². The molecule has 2 heterocycles. The predicted molar refractivity (Wildman–Crippen MR) is 68.1 cm³/mol. The van der Waals surface area contributed by atoms with Crippen molar-refractivity contribution in [3.8, 4) is 0 Å². The molecule has 18 heavy (non-hydrogen) atoms. The van der Waals surface area contributed by atoms with Crippen LogP contribution in [0.4, 0.5) is 0 Å². The summed E-state index contributed by atoms with van der Waals surface area (Å²) in [5.74, 6) is 1.66. The van der Waals surface area contributed by atoms with E-state index in [1.807, 2.05) is 24.2 Å². The van der Waals surface area contributed by atoms with Crippen LogP contribution < -0.4 is 0 Å². The summed E-state index contributed by atoms with van der Waals surface area (Å²) >= 11 is 0. The zero-order valence-corrected chi connectivity index (χ0v) is 11.1. The van der Waals surface area contributed by atoms with Gasteiger partial charge in [0.25, 0.3) is 0 Å². The molecule has 1 atom stereocenters. The molecule has 1 saturated heterocycles. The van der Waals surface area contributed by atoms with E-state index in [0.29, 0.717) is 5.92 Å². The molecule has 2 rings (SSSR count). The second-order valence-electron chi connectivity index (χ2n) is 4.91. The van der Waals surface area contributed by atoms with Crippen molar-refractivity contribution >= 4 is 5.91 Å². The molecule has 0 spiro atoms. The van der Waals surface area contributed by atoms with Gasteiger partial charge < -0.3 is 14.2 Å². The molecule has 0 bridgehead atoms. The number of aromatic nitrogens is 2. The molecule has 0 aromatic carbocycles. The van der Waals surface area contributed by atoms with Crippen LogP contribution in [0, 0.1) is 12.8 Å². The highest BCUT2D eigenvalue weighted by molar-refractivity contribution is 5.77. The topological polar surface area (TPSA) is 47.4 Å². The molecule has 5 heteroatoms. The monoisotopic (exact) mass is 251 g/mol. The number of nitrogens with zero attached hydrogens (tertiary/aromatic N) is 3. The van der Waals surface area contributed by atoms with E-state index >= 15 is 0 Å². The lowest BCUT2D eigenvalue weighted by Crippen LogP contribution is -2.42. The van der Waals surface area contributed by atoms with Gasteiger partial charge in [-0.15, -0.1) is 0 Å². The van der Waals surface area contributed by atoms with Gasteiger partial charge in [0.15, 0.2) is 0 Å². The van der Waals surface area contributed by atoms with Crippen molar-refractivity contribution in [2.75, 3.05) is 26.8 Å². The average molecular weight is 251 g/mol.